The molecule has 2 aromatic carbocycles. The molecule has 0 aliphatic carbocycles. The molecule has 1 aliphatic heterocycles. The monoisotopic (exact) mass is 271 g/mol. The van der Waals surface area contributed by atoms with Crippen LogP contribution in [0.4, 0.5) is 4.39 Å². The maximum Gasteiger partial charge on any atom is 0.252 e. The van der Waals surface area contributed by atoms with E-state index in [0.29, 0.717) is 23.5 Å². The molecule has 0 saturated carbocycles. The van der Waals surface area contributed by atoms with Gasteiger partial charge in [-0.15, -0.1) is 0 Å². The van der Waals surface area contributed by atoms with Crippen LogP contribution >= 0.6 is 0 Å². The SMILES string of the molecule is Cc1ccccc1C(=O)NC1COc2ccc(F)cc21. The highest BCUT2D eigenvalue weighted by atomic mass is 19.1. The van der Waals surface area contributed by atoms with E-state index in [1.54, 1.807) is 12.1 Å². The Hall–Kier alpha value is -2.36. The number of ether oxygens (including phenoxy) is 1. The lowest BCUT2D eigenvalue weighted by atomic mass is 10.1. The van der Waals surface area contributed by atoms with Gasteiger partial charge in [-0.25, -0.2) is 4.39 Å². The minimum atomic E-state index is -0.329. The summed E-state index contributed by atoms with van der Waals surface area (Å²) in [5, 5.41) is 2.89. The average Bonchev–Trinajstić information content (AvgIpc) is 2.82. The smallest absolute Gasteiger partial charge is 0.252 e. The number of halogens is 1. The molecule has 0 radical (unpaired) electrons. The van der Waals surface area contributed by atoms with Crippen LogP contribution in [0, 0.1) is 12.7 Å². The molecule has 3 nitrogen and oxygen atoms in total. The third kappa shape index (κ3) is 2.25. The van der Waals surface area contributed by atoms with E-state index in [9.17, 15) is 9.18 Å². The Morgan fingerprint density at radius 3 is 2.90 bits per heavy atom. The quantitative estimate of drug-likeness (QED) is 0.911. The zero-order chi connectivity index (χ0) is 14.1. The van der Waals surface area contributed by atoms with Gasteiger partial charge in [0, 0.05) is 11.1 Å². The van der Waals surface area contributed by atoms with Crippen molar-refractivity contribution in [2.75, 3.05) is 6.61 Å². The molecule has 1 unspecified atom stereocenters. The van der Waals surface area contributed by atoms with Crippen molar-refractivity contribution >= 4 is 5.91 Å². The third-order valence-corrected chi connectivity index (χ3v) is 3.45. The molecule has 1 heterocycles. The topological polar surface area (TPSA) is 38.3 Å². The van der Waals surface area contributed by atoms with Crippen molar-refractivity contribution in [3.63, 3.8) is 0 Å². The van der Waals surface area contributed by atoms with Crippen molar-refractivity contribution in [3.05, 3.63) is 65.0 Å². The number of amides is 1. The highest BCUT2D eigenvalue weighted by molar-refractivity contribution is 5.95. The number of carbonyl (C=O) groups excluding carboxylic acids is 1. The van der Waals surface area contributed by atoms with Gasteiger partial charge < -0.3 is 10.1 Å². The molecular weight excluding hydrogens is 257 g/mol. The third-order valence-electron chi connectivity index (χ3n) is 3.45. The largest absolute Gasteiger partial charge is 0.491 e. The second kappa shape index (κ2) is 4.96. The number of fused-ring (bicyclic) bond motifs is 1. The highest BCUT2D eigenvalue weighted by Crippen LogP contribution is 2.32. The fourth-order valence-electron chi connectivity index (χ4n) is 2.37. The van der Waals surface area contributed by atoms with Crippen LogP contribution < -0.4 is 10.1 Å². The minimum Gasteiger partial charge on any atom is -0.491 e. The van der Waals surface area contributed by atoms with E-state index in [2.05, 4.69) is 5.32 Å². The number of hydrogen-bond acceptors (Lipinski definition) is 2. The lowest BCUT2D eigenvalue weighted by Crippen LogP contribution is -2.29. The average molecular weight is 271 g/mol. The summed E-state index contributed by atoms with van der Waals surface area (Å²) in [6.45, 7) is 2.21. The molecule has 0 spiro atoms. The second-order valence-electron chi connectivity index (χ2n) is 4.83. The molecule has 1 aliphatic rings. The van der Waals surface area contributed by atoms with Gasteiger partial charge >= 0.3 is 0 Å². The Bertz CT molecular complexity index is 669. The number of hydrogen-bond donors (Lipinski definition) is 1. The van der Waals surface area contributed by atoms with Crippen molar-refractivity contribution in [3.8, 4) is 5.75 Å². The van der Waals surface area contributed by atoms with E-state index < -0.39 is 0 Å². The first-order chi connectivity index (χ1) is 9.65. The fraction of sp³-hybridized carbons (Fsp3) is 0.188. The zero-order valence-electron chi connectivity index (χ0n) is 11.0. The molecule has 0 bridgehead atoms. The summed E-state index contributed by atoms with van der Waals surface area (Å²) in [5.41, 5.74) is 2.22. The summed E-state index contributed by atoms with van der Waals surface area (Å²) >= 11 is 0. The van der Waals surface area contributed by atoms with Crippen molar-refractivity contribution in [1.82, 2.24) is 5.32 Å². The van der Waals surface area contributed by atoms with Crippen LogP contribution in [0.15, 0.2) is 42.5 Å². The van der Waals surface area contributed by atoms with Crippen LogP contribution in [0.2, 0.25) is 0 Å². The first-order valence-electron chi connectivity index (χ1n) is 6.44. The Balaban J connectivity index is 1.82. The van der Waals surface area contributed by atoms with Gasteiger partial charge in [-0.1, -0.05) is 18.2 Å². The molecule has 20 heavy (non-hydrogen) atoms. The minimum absolute atomic E-state index is 0.172. The van der Waals surface area contributed by atoms with Crippen LogP contribution in [-0.2, 0) is 0 Å². The molecule has 4 heteroatoms. The van der Waals surface area contributed by atoms with E-state index in [1.807, 2.05) is 25.1 Å². The number of carbonyl (C=O) groups is 1. The molecule has 0 saturated heterocycles. The van der Waals surface area contributed by atoms with Crippen LogP contribution in [0.1, 0.15) is 27.5 Å². The Morgan fingerprint density at radius 1 is 1.30 bits per heavy atom. The molecule has 1 atom stereocenters. The van der Waals surface area contributed by atoms with Gasteiger partial charge in [-0.2, -0.15) is 0 Å². The lowest BCUT2D eigenvalue weighted by Gasteiger charge is -2.13. The fourth-order valence-corrected chi connectivity index (χ4v) is 2.37. The van der Waals surface area contributed by atoms with Gasteiger partial charge in [-0.3, -0.25) is 4.79 Å². The van der Waals surface area contributed by atoms with Gasteiger partial charge in [0.25, 0.3) is 5.91 Å². The van der Waals surface area contributed by atoms with Crippen LogP contribution in [0.5, 0.6) is 5.75 Å². The Labute approximate surface area is 116 Å². The highest BCUT2D eigenvalue weighted by Gasteiger charge is 2.26. The summed E-state index contributed by atoms with van der Waals surface area (Å²) in [7, 11) is 0. The van der Waals surface area contributed by atoms with E-state index >= 15 is 0 Å². The van der Waals surface area contributed by atoms with Crippen molar-refractivity contribution in [2.45, 2.75) is 13.0 Å². The van der Waals surface area contributed by atoms with Crippen molar-refractivity contribution in [2.24, 2.45) is 0 Å². The molecule has 1 N–H and O–H groups in total. The van der Waals surface area contributed by atoms with Crippen LogP contribution in [0.3, 0.4) is 0 Å². The summed E-state index contributed by atoms with van der Waals surface area (Å²) < 4.78 is 18.7. The first-order valence-corrected chi connectivity index (χ1v) is 6.44. The molecule has 1 amide bonds. The molecule has 102 valence electrons. The van der Waals surface area contributed by atoms with Gasteiger partial charge in [0.2, 0.25) is 0 Å². The molecule has 3 rings (SSSR count). The molecule has 0 aromatic heterocycles. The predicted molar refractivity (Wildman–Crippen MR) is 73.3 cm³/mol. The lowest BCUT2D eigenvalue weighted by molar-refractivity contribution is 0.0929. The maximum atomic E-state index is 13.3. The molecule has 2 aromatic rings. The standard InChI is InChI=1S/C16H14FNO2/c1-10-4-2-3-5-12(10)16(19)18-14-9-20-15-7-6-11(17)8-13(14)15/h2-8,14H,9H2,1H3,(H,18,19). The molecular formula is C16H14FNO2. The normalized spacial score (nSPS) is 16.4. The summed E-state index contributed by atoms with van der Waals surface area (Å²) in [5.74, 6) is 0.125. The van der Waals surface area contributed by atoms with Gasteiger partial charge in [0.1, 0.15) is 18.2 Å². The van der Waals surface area contributed by atoms with Crippen molar-refractivity contribution in [1.29, 1.82) is 0 Å². The second-order valence-corrected chi connectivity index (χ2v) is 4.83. The molecule has 0 fully saturated rings. The predicted octanol–water partition coefficient (Wildman–Crippen LogP) is 3.00. The van der Waals surface area contributed by atoms with E-state index in [1.165, 1.54) is 12.1 Å². The maximum absolute atomic E-state index is 13.3. The summed E-state index contributed by atoms with van der Waals surface area (Å²) in [6.07, 6.45) is 0. The van der Waals surface area contributed by atoms with Gasteiger partial charge in [0.15, 0.2) is 0 Å². The van der Waals surface area contributed by atoms with Gasteiger partial charge in [0.05, 0.1) is 6.04 Å². The van der Waals surface area contributed by atoms with E-state index in [-0.39, 0.29) is 17.8 Å². The van der Waals surface area contributed by atoms with E-state index in [0.717, 1.165) is 5.56 Å². The number of rotatable bonds is 2. The Morgan fingerprint density at radius 2 is 2.10 bits per heavy atom. The number of benzene rings is 2. The van der Waals surface area contributed by atoms with Crippen LogP contribution in [-0.4, -0.2) is 12.5 Å². The van der Waals surface area contributed by atoms with E-state index in [4.69, 9.17) is 4.74 Å². The number of nitrogens with one attached hydrogen (secondary N) is 1. The number of aryl methyl sites for hydroxylation is 1. The first kappa shape index (κ1) is 12.7. The summed E-state index contributed by atoms with van der Waals surface area (Å²) in [6, 6.07) is 11.4. The van der Waals surface area contributed by atoms with Crippen molar-refractivity contribution < 1.29 is 13.9 Å². The van der Waals surface area contributed by atoms with Crippen LogP contribution in [0.25, 0.3) is 0 Å². The summed E-state index contributed by atoms with van der Waals surface area (Å²) in [4.78, 5) is 12.3. The Kier molecular flexibility index (Phi) is 3.14. The zero-order valence-corrected chi connectivity index (χ0v) is 11.0. The van der Waals surface area contributed by atoms with Gasteiger partial charge in [-0.05, 0) is 36.8 Å².